The summed E-state index contributed by atoms with van der Waals surface area (Å²) in [6, 6.07) is 12.2. The van der Waals surface area contributed by atoms with E-state index in [0.29, 0.717) is 22.1 Å². The van der Waals surface area contributed by atoms with Gasteiger partial charge in [-0.25, -0.2) is 0 Å². The molecule has 0 heterocycles. The van der Waals surface area contributed by atoms with E-state index in [1.54, 1.807) is 62.9 Å². The number of rotatable bonds is 6. The molecule has 126 valence electrons. The molecule has 0 aliphatic rings. The number of amides is 1. The molecule has 5 nitrogen and oxygen atoms in total. The first kappa shape index (κ1) is 17.7. The third-order valence-electron chi connectivity index (χ3n) is 3.31. The van der Waals surface area contributed by atoms with E-state index in [-0.39, 0.29) is 5.91 Å². The lowest BCUT2D eigenvalue weighted by Crippen LogP contribution is -2.07. The van der Waals surface area contributed by atoms with E-state index in [0.717, 1.165) is 5.56 Å². The number of carbonyl (C=O) groups excluding carboxylic acids is 1. The Morgan fingerprint density at radius 2 is 1.79 bits per heavy atom. The van der Waals surface area contributed by atoms with Gasteiger partial charge in [0.05, 0.1) is 14.2 Å². The fourth-order valence-electron chi connectivity index (χ4n) is 2.04. The lowest BCUT2D eigenvalue weighted by atomic mass is 10.1. The SMILES string of the molecule is COc1ccc(/C=C\C(=O)Nc2ccc([S@@](C)=O)cc2)c(OC)c1. The predicted octanol–water partition coefficient (Wildman–Crippen LogP) is 3.09. The van der Waals surface area contributed by atoms with Crippen molar-refractivity contribution in [3.63, 3.8) is 0 Å². The van der Waals surface area contributed by atoms with Gasteiger partial charge in [-0.2, -0.15) is 0 Å². The molecular weight excluding hydrogens is 326 g/mol. The number of benzene rings is 2. The minimum absolute atomic E-state index is 0.266. The van der Waals surface area contributed by atoms with Crippen LogP contribution in [-0.4, -0.2) is 30.6 Å². The maximum atomic E-state index is 12.0. The van der Waals surface area contributed by atoms with Gasteiger partial charge in [-0.3, -0.25) is 9.00 Å². The molecule has 2 rings (SSSR count). The standard InChI is InChI=1S/C18H19NO4S/c1-22-15-8-4-13(17(12-15)23-2)5-11-18(20)19-14-6-9-16(10-7-14)24(3)21/h4-12H,1-3H3,(H,19,20)/b11-5-/t24-/m1/s1. The molecule has 0 radical (unpaired) electrons. The lowest BCUT2D eigenvalue weighted by molar-refractivity contribution is -0.111. The Balaban J connectivity index is 2.06. The van der Waals surface area contributed by atoms with Crippen LogP contribution in [0.3, 0.4) is 0 Å². The summed E-state index contributed by atoms with van der Waals surface area (Å²) in [6.07, 6.45) is 4.71. The summed E-state index contributed by atoms with van der Waals surface area (Å²) in [4.78, 5) is 12.7. The Bertz CT molecular complexity index is 769. The zero-order valence-electron chi connectivity index (χ0n) is 13.7. The first-order chi connectivity index (χ1) is 11.5. The third kappa shape index (κ3) is 4.70. The molecule has 0 aliphatic carbocycles. The fourth-order valence-corrected chi connectivity index (χ4v) is 2.55. The minimum atomic E-state index is -1.04. The van der Waals surface area contributed by atoms with Gasteiger partial charge in [-0.15, -0.1) is 0 Å². The minimum Gasteiger partial charge on any atom is -0.497 e. The molecule has 2 aromatic carbocycles. The van der Waals surface area contributed by atoms with Crippen LogP contribution >= 0.6 is 0 Å². The van der Waals surface area contributed by atoms with Crippen molar-refractivity contribution in [1.29, 1.82) is 0 Å². The zero-order valence-corrected chi connectivity index (χ0v) is 14.6. The Kier molecular flexibility index (Phi) is 6.14. The first-order valence-electron chi connectivity index (χ1n) is 7.18. The Morgan fingerprint density at radius 1 is 1.08 bits per heavy atom. The number of anilines is 1. The van der Waals surface area contributed by atoms with E-state index < -0.39 is 10.8 Å². The van der Waals surface area contributed by atoms with Crippen molar-refractivity contribution in [2.45, 2.75) is 4.90 Å². The summed E-state index contributed by atoms with van der Waals surface area (Å²) in [5, 5.41) is 2.75. The van der Waals surface area contributed by atoms with Crippen LogP contribution in [0.25, 0.3) is 6.08 Å². The highest BCUT2D eigenvalue weighted by atomic mass is 32.2. The number of carbonyl (C=O) groups is 1. The highest BCUT2D eigenvalue weighted by Crippen LogP contribution is 2.25. The number of ether oxygens (including phenoxy) is 2. The van der Waals surface area contributed by atoms with Crippen LogP contribution in [0.2, 0.25) is 0 Å². The van der Waals surface area contributed by atoms with Crippen molar-refractivity contribution in [3.8, 4) is 11.5 Å². The van der Waals surface area contributed by atoms with Crippen LogP contribution in [0.1, 0.15) is 5.56 Å². The van der Waals surface area contributed by atoms with E-state index in [1.807, 2.05) is 6.07 Å². The topological polar surface area (TPSA) is 64.6 Å². The quantitative estimate of drug-likeness (QED) is 0.817. The van der Waals surface area contributed by atoms with Gasteiger partial charge in [0.2, 0.25) is 5.91 Å². The second-order valence-corrected chi connectivity index (χ2v) is 6.29. The van der Waals surface area contributed by atoms with Gasteiger partial charge in [0.1, 0.15) is 11.5 Å². The van der Waals surface area contributed by atoms with Crippen LogP contribution in [0.15, 0.2) is 53.4 Å². The maximum Gasteiger partial charge on any atom is 0.248 e. The van der Waals surface area contributed by atoms with Gasteiger partial charge in [0.25, 0.3) is 0 Å². The number of nitrogens with one attached hydrogen (secondary N) is 1. The van der Waals surface area contributed by atoms with E-state index >= 15 is 0 Å². The molecule has 0 aliphatic heterocycles. The summed E-state index contributed by atoms with van der Waals surface area (Å²) in [5.41, 5.74) is 1.41. The van der Waals surface area contributed by atoms with Crippen LogP contribution in [0.4, 0.5) is 5.69 Å². The van der Waals surface area contributed by atoms with Gasteiger partial charge in [-0.05, 0) is 42.5 Å². The molecule has 24 heavy (non-hydrogen) atoms. The normalized spacial score (nSPS) is 12.0. The molecule has 0 saturated carbocycles. The van der Waals surface area contributed by atoms with Crippen molar-refractivity contribution in [2.75, 3.05) is 25.8 Å². The zero-order chi connectivity index (χ0) is 17.5. The van der Waals surface area contributed by atoms with Crippen molar-refractivity contribution in [3.05, 3.63) is 54.1 Å². The summed E-state index contributed by atoms with van der Waals surface area (Å²) in [7, 11) is 2.11. The van der Waals surface area contributed by atoms with Gasteiger partial charge in [-0.1, -0.05) is 0 Å². The van der Waals surface area contributed by atoms with Crippen LogP contribution in [-0.2, 0) is 15.6 Å². The van der Waals surface area contributed by atoms with Crippen LogP contribution < -0.4 is 14.8 Å². The van der Waals surface area contributed by atoms with E-state index in [4.69, 9.17) is 9.47 Å². The second-order valence-electron chi connectivity index (χ2n) is 4.91. The smallest absolute Gasteiger partial charge is 0.248 e. The van der Waals surface area contributed by atoms with Crippen molar-refractivity contribution in [1.82, 2.24) is 0 Å². The number of hydrogen-bond donors (Lipinski definition) is 1. The van der Waals surface area contributed by atoms with E-state index in [1.165, 1.54) is 6.08 Å². The molecule has 1 atom stereocenters. The second kappa shape index (κ2) is 8.31. The fraction of sp³-hybridized carbons (Fsp3) is 0.167. The summed E-state index contributed by atoms with van der Waals surface area (Å²) >= 11 is 0. The predicted molar refractivity (Wildman–Crippen MR) is 96.0 cm³/mol. The average molecular weight is 345 g/mol. The van der Waals surface area contributed by atoms with Crippen molar-refractivity contribution in [2.24, 2.45) is 0 Å². The maximum absolute atomic E-state index is 12.0. The van der Waals surface area contributed by atoms with Gasteiger partial charge in [0.15, 0.2) is 0 Å². The third-order valence-corrected chi connectivity index (χ3v) is 4.24. The molecule has 1 amide bonds. The van der Waals surface area contributed by atoms with Gasteiger partial charge < -0.3 is 14.8 Å². The Morgan fingerprint density at radius 3 is 2.38 bits per heavy atom. The molecule has 0 fully saturated rings. The first-order valence-corrected chi connectivity index (χ1v) is 8.74. The van der Waals surface area contributed by atoms with Gasteiger partial charge in [0, 0.05) is 45.3 Å². The summed E-state index contributed by atoms with van der Waals surface area (Å²) in [5.74, 6) is 1.04. The summed E-state index contributed by atoms with van der Waals surface area (Å²) < 4.78 is 21.8. The van der Waals surface area contributed by atoms with Crippen LogP contribution in [0.5, 0.6) is 11.5 Å². The molecule has 2 aromatic rings. The van der Waals surface area contributed by atoms with E-state index in [9.17, 15) is 9.00 Å². The lowest BCUT2D eigenvalue weighted by Gasteiger charge is -2.07. The molecular formula is C18H19NO4S. The monoisotopic (exact) mass is 345 g/mol. The Hall–Kier alpha value is -2.60. The number of methoxy groups -OCH3 is 2. The average Bonchev–Trinajstić information content (AvgIpc) is 2.60. The highest BCUT2D eigenvalue weighted by molar-refractivity contribution is 7.84. The summed E-state index contributed by atoms with van der Waals surface area (Å²) in [6.45, 7) is 0. The van der Waals surface area contributed by atoms with E-state index in [2.05, 4.69) is 5.32 Å². The largest absolute Gasteiger partial charge is 0.497 e. The molecule has 1 N–H and O–H groups in total. The highest BCUT2D eigenvalue weighted by Gasteiger charge is 2.04. The molecule has 6 heteroatoms. The molecule has 0 unspecified atom stereocenters. The number of hydrogen-bond acceptors (Lipinski definition) is 4. The molecule has 0 spiro atoms. The van der Waals surface area contributed by atoms with Crippen molar-refractivity contribution < 1.29 is 18.5 Å². The Labute approximate surface area is 143 Å². The van der Waals surface area contributed by atoms with Crippen LogP contribution in [0, 0.1) is 0 Å². The molecule has 0 saturated heterocycles. The van der Waals surface area contributed by atoms with Gasteiger partial charge >= 0.3 is 0 Å². The molecule has 0 bridgehead atoms. The van der Waals surface area contributed by atoms with Crippen molar-refractivity contribution >= 4 is 28.5 Å². The molecule has 0 aromatic heterocycles.